The van der Waals surface area contributed by atoms with Crippen LogP contribution in [0, 0.1) is 0 Å². The number of hydrogen-bond acceptors (Lipinski definition) is 3. The van der Waals surface area contributed by atoms with Crippen molar-refractivity contribution in [1.82, 2.24) is 9.80 Å². The van der Waals surface area contributed by atoms with Crippen molar-refractivity contribution in [2.75, 3.05) is 6.54 Å². The minimum Gasteiger partial charge on any atom is -0.444 e. The van der Waals surface area contributed by atoms with E-state index < -0.39 is 0 Å². The molecule has 0 aromatic heterocycles. The number of rotatable bonds is 2. The molecular weight excluding hydrogens is 240 g/mol. The Bertz CT molecular complexity index is 504. The number of carbonyl (C=O) groups excluding carboxylic acids is 1. The van der Waals surface area contributed by atoms with Crippen molar-refractivity contribution in [2.24, 2.45) is 0 Å². The van der Waals surface area contributed by atoms with E-state index in [9.17, 15) is 4.79 Å². The quantitative estimate of drug-likeness (QED) is 0.811. The van der Waals surface area contributed by atoms with Crippen molar-refractivity contribution >= 4 is 6.09 Å². The monoisotopic (exact) mass is 258 g/mol. The van der Waals surface area contributed by atoms with Gasteiger partial charge in [-0.3, -0.25) is 9.80 Å². The summed E-state index contributed by atoms with van der Waals surface area (Å²) >= 11 is 0. The molecule has 1 amide bonds. The Morgan fingerprint density at radius 1 is 1.32 bits per heavy atom. The zero-order chi connectivity index (χ0) is 13.0. The van der Waals surface area contributed by atoms with E-state index in [2.05, 4.69) is 29.2 Å². The first-order valence-corrected chi connectivity index (χ1v) is 7.01. The number of hydrogen-bond donors (Lipinski definition) is 0. The van der Waals surface area contributed by atoms with Gasteiger partial charge in [0.25, 0.3) is 0 Å². The maximum atomic E-state index is 11.7. The van der Waals surface area contributed by atoms with Gasteiger partial charge in [0.15, 0.2) is 0 Å². The topological polar surface area (TPSA) is 32.8 Å². The summed E-state index contributed by atoms with van der Waals surface area (Å²) in [5, 5.41) is 0. The van der Waals surface area contributed by atoms with Crippen LogP contribution in [0.4, 0.5) is 4.79 Å². The standard InChI is InChI=1S/C15H18N2O2/c1-10-14-13-7-12(9-17(14)15(18)19-10)16(13)8-11-5-3-2-4-6-11/h2-6,10,12-14H,7-9H2,1H3. The summed E-state index contributed by atoms with van der Waals surface area (Å²) in [6, 6.07) is 11.8. The maximum absolute atomic E-state index is 11.7. The molecule has 4 aliphatic heterocycles. The molecule has 4 atom stereocenters. The first-order valence-electron chi connectivity index (χ1n) is 7.01. The van der Waals surface area contributed by atoms with Crippen LogP contribution in [0.5, 0.6) is 0 Å². The van der Waals surface area contributed by atoms with Crippen molar-refractivity contribution in [1.29, 1.82) is 0 Å². The second-order valence-corrected chi connectivity index (χ2v) is 5.85. The molecule has 4 unspecified atom stereocenters. The Morgan fingerprint density at radius 3 is 2.89 bits per heavy atom. The van der Waals surface area contributed by atoms with E-state index in [0.29, 0.717) is 12.1 Å². The molecule has 4 heteroatoms. The molecule has 0 aliphatic carbocycles. The normalized spacial score (nSPS) is 36.7. The Labute approximate surface area is 112 Å². The van der Waals surface area contributed by atoms with Crippen LogP contribution in [0.1, 0.15) is 18.9 Å². The predicted molar refractivity (Wildman–Crippen MR) is 70.6 cm³/mol. The summed E-state index contributed by atoms with van der Waals surface area (Å²) in [5.41, 5.74) is 1.35. The molecule has 4 nitrogen and oxygen atoms in total. The highest BCUT2D eigenvalue weighted by Gasteiger charge is 2.57. The Morgan fingerprint density at radius 2 is 2.11 bits per heavy atom. The molecule has 4 aliphatic rings. The van der Waals surface area contributed by atoms with E-state index >= 15 is 0 Å². The molecule has 19 heavy (non-hydrogen) atoms. The molecule has 4 fully saturated rings. The van der Waals surface area contributed by atoms with E-state index in [1.165, 1.54) is 12.0 Å². The average molecular weight is 258 g/mol. The molecule has 0 radical (unpaired) electrons. The SMILES string of the molecule is CC1OC(=O)N2CC3CC(C12)N3Cc1ccccc1. The van der Waals surface area contributed by atoms with Crippen LogP contribution < -0.4 is 0 Å². The summed E-state index contributed by atoms with van der Waals surface area (Å²) in [4.78, 5) is 16.2. The van der Waals surface area contributed by atoms with Crippen LogP contribution in [-0.4, -0.2) is 46.7 Å². The first kappa shape index (κ1) is 11.3. The van der Waals surface area contributed by atoms with Crippen LogP contribution >= 0.6 is 0 Å². The number of ether oxygens (including phenoxy) is 1. The lowest BCUT2D eigenvalue weighted by Crippen LogP contribution is -2.72. The van der Waals surface area contributed by atoms with Crippen molar-refractivity contribution in [2.45, 2.75) is 44.1 Å². The van der Waals surface area contributed by atoms with Gasteiger partial charge in [0, 0.05) is 25.2 Å². The van der Waals surface area contributed by atoms with Crippen molar-refractivity contribution in [3.63, 3.8) is 0 Å². The fraction of sp³-hybridized carbons (Fsp3) is 0.533. The van der Waals surface area contributed by atoms with E-state index in [4.69, 9.17) is 4.74 Å². The molecule has 1 aromatic carbocycles. The van der Waals surface area contributed by atoms with E-state index in [-0.39, 0.29) is 18.2 Å². The van der Waals surface area contributed by atoms with Crippen LogP contribution in [0.25, 0.3) is 0 Å². The smallest absolute Gasteiger partial charge is 0.410 e. The van der Waals surface area contributed by atoms with Crippen molar-refractivity contribution in [3.05, 3.63) is 35.9 Å². The average Bonchev–Trinajstić information content (AvgIpc) is 2.73. The van der Waals surface area contributed by atoms with Gasteiger partial charge in [0.2, 0.25) is 0 Å². The fourth-order valence-electron chi connectivity index (χ4n) is 3.85. The van der Waals surface area contributed by atoms with E-state index in [0.717, 1.165) is 13.1 Å². The highest BCUT2D eigenvalue weighted by Crippen LogP contribution is 2.42. The van der Waals surface area contributed by atoms with Gasteiger partial charge in [0.1, 0.15) is 6.10 Å². The molecule has 1 aromatic rings. The number of benzene rings is 1. The lowest BCUT2D eigenvalue weighted by atomic mass is 9.80. The summed E-state index contributed by atoms with van der Waals surface area (Å²) in [5.74, 6) is 0. The van der Waals surface area contributed by atoms with Crippen LogP contribution in [-0.2, 0) is 11.3 Å². The summed E-state index contributed by atoms with van der Waals surface area (Å²) in [6.07, 6.45) is 1.11. The molecule has 0 N–H and O–H groups in total. The Kier molecular flexibility index (Phi) is 2.36. The summed E-state index contributed by atoms with van der Waals surface area (Å²) < 4.78 is 5.36. The van der Waals surface area contributed by atoms with Gasteiger partial charge in [-0.15, -0.1) is 0 Å². The van der Waals surface area contributed by atoms with Crippen molar-refractivity contribution < 1.29 is 9.53 Å². The van der Waals surface area contributed by atoms with Gasteiger partial charge < -0.3 is 4.74 Å². The van der Waals surface area contributed by atoms with E-state index in [1.807, 2.05) is 17.9 Å². The summed E-state index contributed by atoms with van der Waals surface area (Å²) in [7, 11) is 0. The highest BCUT2D eigenvalue weighted by atomic mass is 16.6. The zero-order valence-electron chi connectivity index (χ0n) is 11.0. The van der Waals surface area contributed by atoms with Crippen LogP contribution in [0.3, 0.4) is 0 Å². The molecular formula is C15H18N2O2. The van der Waals surface area contributed by atoms with Crippen LogP contribution in [0.15, 0.2) is 30.3 Å². The molecule has 0 spiro atoms. The van der Waals surface area contributed by atoms with Gasteiger partial charge >= 0.3 is 6.09 Å². The number of cyclic esters (lactones) is 1. The minimum absolute atomic E-state index is 0.0250. The van der Waals surface area contributed by atoms with E-state index in [1.54, 1.807) is 0 Å². The minimum atomic E-state index is -0.119. The fourth-order valence-corrected chi connectivity index (χ4v) is 3.85. The number of carbonyl (C=O) groups is 1. The molecule has 4 saturated heterocycles. The lowest BCUT2D eigenvalue weighted by Gasteiger charge is -2.58. The van der Waals surface area contributed by atoms with Gasteiger partial charge in [-0.25, -0.2) is 4.79 Å². The number of amides is 1. The molecule has 0 saturated carbocycles. The van der Waals surface area contributed by atoms with Crippen LogP contribution in [0.2, 0.25) is 0 Å². The Hall–Kier alpha value is -1.55. The third kappa shape index (κ3) is 1.59. The second kappa shape index (κ2) is 3.97. The number of nitrogens with zero attached hydrogens (tertiary/aromatic N) is 2. The maximum Gasteiger partial charge on any atom is 0.410 e. The number of piperidine rings is 1. The lowest BCUT2D eigenvalue weighted by molar-refractivity contribution is -0.0928. The predicted octanol–water partition coefficient (Wildman–Crippen LogP) is 1.85. The third-order valence-electron chi connectivity index (χ3n) is 4.78. The first-order chi connectivity index (χ1) is 9.24. The molecule has 4 heterocycles. The van der Waals surface area contributed by atoms with Crippen molar-refractivity contribution in [3.8, 4) is 0 Å². The largest absolute Gasteiger partial charge is 0.444 e. The zero-order valence-corrected chi connectivity index (χ0v) is 11.0. The molecule has 5 rings (SSSR count). The Balaban J connectivity index is 1.54. The highest BCUT2D eigenvalue weighted by molar-refractivity contribution is 5.71. The van der Waals surface area contributed by atoms with Gasteiger partial charge in [-0.1, -0.05) is 30.3 Å². The number of piperazine rings is 1. The van der Waals surface area contributed by atoms with Gasteiger partial charge in [0.05, 0.1) is 6.04 Å². The third-order valence-corrected chi connectivity index (χ3v) is 4.78. The summed E-state index contributed by atoms with van der Waals surface area (Å²) in [6.45, 7) is 3.83. The molecule has 2 bridgehead atoms. The van der Waals surface area contributed by atoms with Gasteiger partial charge in [-0.2, -0.15) is 0 Å². The molecule has 100 valence electrons. The second-order valence-electron chi connectivity index (χ2n) is 5.85. The van der Waals surface area contributed by atoms with Gasteiger partial charge in [-0.05, 0) is 18.9 Å².